The van der Waals surface area contributed by atoms with Gasteiger partial charge in [-0.3, -0.25) is 4.79 Å². The van der Waals surface area contributed by atoms with E-state index in [9.17, 15) is 14.3 Å². The third-order valence-electron chi connectivity index (χ3n) is 2.81. The largest absolute Gasteiger partial charge is 0.508 e. The minimum Gasteiger partial charge on any atom is -0.508 e. The Balaban J connectivity index is 2.03. The predicted molar refractivity (Wildman–Crippen MR) is 70.4 cm³/mol. The lowest BCUT2D eigenvalue weighted by atomic mass is 10.1. The van der Waals surface area contributed by atoms with E-state index in [-0.39, 0.29) is 24.0 Å². The third kappa shape index (κ3) is 3.31. The monoisotopic (exact) mass is 259 g/mol. The van der Waals surface area contributed by atoms with Crippen LogP contribution in [0.15, 0.2) is 42.5 Å². The smallest absolute Gasteiger partial charge is 0.251 e. The first-order valence-corrected chi connectivity index (χ1v) is 5.88. The summed E-state index contributed by atoms with van der Waals surface area (Å²) in [6.45, 7) is 2.00. The molecule has 0 aliphatic rings. The summed E-state index contributed by atoms with van der Waals surface area (Å²) in [4.78, 5) is 11.9. The van der Waals surface area contributed by atoms with Gasteiger partial charge in [0.2, 0.25) is 0 Å². The lowest BCUT2D eigenvalue weighted by Crippen LogP contribution is -2.22. The summed E-state index contributed by atoms with van der Waals surface area (Å²) >= 11 is 0. The van der Waals surface area contributed by atoms with E-state index in [4.69, 9.17) is 0 Å². The summed E-state index contributed by atoms with van der Waals surface area (Å²) < 4.78 is 13.0. The number of halogens is 1. The SMILES string of the molecule is Cc1ccc(C(=O)NCc2cccc(F)c2)cc1O. The Hall–Kier alpha value is -2.36. The number of benzene rings is 2. The molecule has 0 radical (unpaired) electrons. The van der Waals surface area contributed by atoms with Crippen LogP contribution >= 0.6 is 0 Å². The molecule has 2 rings (SSSR count). The van der Waals surface area contributed by atoms with Crippen LogP contribution in [0.4, 0.5) is 4.39 Å². The lowest BCUT2D eigenvalue weighted by Gasteiger charge is -2.07. The number of amides is 1. The van der Waals surface area contributed by atoms with E-state index in [0.29, 0.717) is 16.7 Å². The van der Waals surface area contributed by atoms with Crippen molar-refractivity contribution in [2.24, 2.45) is 0 Å². The Bertz CT molecular complexity index is 611. The summed E-state index contributed by atoms with van der Waals surface area (Å²) in [7, 11) is 0. The van der Waals surface area contributed by atoms with Crippen LogP contribution in [-0.4, -0.2) is 11.0 Å². The number of phenolic OH excluding ortho intramolecular Hbond substituents is 1. The average Bonchev–Trinajstić information content (AvgIpc) is 2.39. The van der Waals surface area contributed by atoms with Crippen molar-refractivity contribution >= 4 is 5.91 Å². The second-order valence-corrected chi connectivity index (χ2v) is 4.31. The Morgan fingerprint density at radius 2 is 2.05 bits per heavy atom. The zero-order valence-electron chi connectivity index (χ0n) is 10.5. The number of carbonyl (C=O) groups excluding carboxylic acids is 1. The van der Waals surface area contributed by atoms with Gasteiger partial charge in [0.15, 0.2) is 0 Å². The summed E-state index contributed by atoms with van der Waals surface area (Å²) in [6, 6.07) is 10.8. The molecule has 98 valence electrons. The normalized spacial score (nSPS) is 10.2. The van der Waals surface area contributed by atoms with E-state index in [1.165, 1.54) is 18.2 Å². The van der Waals surface area contributed by atoms with Gasteiger partial charge in [0.25, 0.3) is 5.91 Å². The van der Waals surface area contributed by atoms with Crippen molar-refractivity contribution < 1.29 is 14.3 Å². The molecule has 2 N–H and O–H groups in total. The fraction of sp³-hybridized carbons (Fsp3) is 0.133. The van der Waals surface area contributed by atoms with E-state index in [1.54, 1.807) is 31.2 Å². The van der Waals surface area contributed by atoms with E-state index in [2.05, 4.69) is 5.32 Å². The molecule has 0 bridgehead atoms. The molecule has 0 aliphatic heterocycles. The first kappa shape index (κ1) is 13.1. The summed E-state index contributed by atoms with van der Waals surface area (Å²) in [5.74, 6) is -0.558. The second kappa shape index (κ2) is 5.52. The molecule has 2 aromatic rings. The highest BCUT2D eigenvalue weighted by Gasteiger charge is 2.07. The van der Waals surface area contributed by atoms with Crippen LogP contribution in [0.3, 0.4) is 0 Å². The van der Waals surface area contributed by atoms with Crippen molar-refractivity contribution in [3.8, 4) is 5.75 Å². The Labute approximate surface area is 110 Å². The maximum absolute atomic E-state index is 13.0. The van der Waals surface area contributed by atoms with Gasteiger partial charge in [-0.1, -0.05) is 18.2 Å². The van der Waals surface area contributed by atoms with Crippen molar-refractivity contribution in [3.63, 3.8) is 0 Å². The first-order chi connectivity index (χ1) is 9.06. The second-order valence-electron chi connectivity index (χ2n) is 4.31. The molecular formula is C15H14FNO2. The summed E-state index contributed by atoms with van der Waals surface area (Å²) in [6.07, 6.45) is 0. The van der Waals surface area contributed by atoms with Gasteiger partial charge < -0.3 is 10.4 Å². The molecule has 2 aromatic carbocycles. The van der Waals surface area contributed by atoms with Gasteiger partial charge >= 0.3 is 0 Å². The molecule has 19 heavy (non-hydrogen) atoms. The van der Waals surface area contributed by atoms with E-state index < -0.39 is 0 Å². The molecule has 0 atom stereocenters. The zero-order chi connectivity index (χ0) is 13.8. The molecule has 0 unspecified atom stereocenters. The number of aromatic hydroxyl groups is 1. The topological polar surface area (TPSA) is 49.3 Å². The van der Waals surface area contributed by atoms with Crippen LogP contribution in [0.25, 0.3) is 0 Å². The number of hydrogen-bond acceptors (Lipinski definition) is 2. The molecule has 3 nitrogen and oxygen atoms in total. The standard InChI is InChI=1S/C15H14FNO2/c1-10-5-6-12(8-14(10)18)15(19)17-9-11-3-2-4-13(16)7-11/h2-8,18H,9H2,1H3,(H,17,19). The molecule has 0 aliphatic carbocycles. The van der Waals surface area contributed by atoms with Crippen LogP contribution in [0, 0.1) is 12.7 Å². The maximum atomic E-state index is 13.0. The predicted octanol–water partition coefficient (Wildman–Crippen LogP) is 2.77. The Kier molecular flexibility index (Phi) is 3.80. The number of carbonyl (C=O) groups is 1. The van der Waals surface area contributed by atoms with Crippen LogP contribution in [0.1, 0.15) is 21.5 Å². The molecule has 0 fully saturated rings. The number of nitrogens with one attached hydrogen (secondary N) is 1. The fourth-order valence-electron chi connectivity index (χ4n) is 1.68. The maximum Gasteiger partial charge on any atom is 0.251 e. The molecule has 1 amide bonds. The van der Waals surface area contributed by atoms with Gasteiger partial charge in [-0.05, 0) is 42.3 Å². The summed E-state index contributed by atoms with van der Waals surface area (Å²) in [5.41, 5.74) is 1.77. The van der Waals surface area contributed by atoms with E-state index in [0.717, 1.165) is 0 Å². The van der Waals surface area contributed by atoms with Crippen molar-refractivity contribution in [2.45, 2.75) is 13.5 Å². The lowest BCUT2D eigenvalue weighted by molar-refractivity contribution is 0.0950. The number of phenols is 1. The van der Waals surface area contributed by atoms with E-state index in [1.807, 2.05) is 0 Å². The van der Waals surface area contributed by atoms with Crippen LogP contribution < -0.4 is 5.32 Å². The van der Waals surface area contributed by atoms with Crippen molar-refractivity contribution in [1.29, 1.82) is 0 Å². The van der Waals surface area contributed by atoms with Gasteiger partial charge in [-0.25, -0.2) is 4.39 Å². The van der Waals surface area contributed by atoms with Gasteiger partial charge in [-0.15, -0.1) is 0 Å². The quantitative estimate of drug-likeness (QED) is 0.890. The zero-order valence-corrected chi connectivity index (χ0v) is 10.5. The highest BCUT2D eigenvalue weighted by molar-refractivity contribution is 5.94. The number of hydrogen-bond donors (Lipinski definition) is 2. The minimum atomic E-state index is -0.334. The average molecular weight is 259 g/mol. The molecular weight excluding hydrogens is 245 g/mol. The fourth-order valence-corrected chi connectivity index (χ4v) is 1.68. The highest BCUT2D eigenvalue weighted by Crippen LogP contribution is 2.17. The molecule has 0 heterocycles. The van der Waals surface area contributed by atoms with Gasteiger partial charge in [0, 0.05) is 12.1 Å². The number of rotatable bonds is 3. The molecule has 0 saturated carbocycles. The Morgan fingerprint density at radius 1 is 1.26 bits per heavy atom. The van der Waals surface area contributed by atoms with Gasteiger partial charge in [0.05, 0.1) is 0 Å². The van der Waals surface area contributed by atoms with Crippen molar-refractivity contribution in [2.75, 3.05) is 0 Å². The molecule has 4 heteroatoms. The first-order valence-electron chi connectivity index (χ1n) is 5.88. The van der Waals surface area contributed by atoms with Crippen molar-refractivity contribution in [1.82, 2.24) is 5.32 Å². The molecule has 0 spiro atoms. The van der Waals surface area contributed by atoms with E-state index >= 15 is 0 Å². The van der Waals surface area contributed by atoms with Crippen LogP contribution in [0.2, 0.25) is 0 Å². The van der Waals surface area contributed by atoms with Crippen LogP contribution in [0.5, 0.6) is 5.75 Å². The van der Waals surface area contributed by atoms with Gasteiger partial charge in [-0.2, -0.15) is 0 Å². The third-order valence-corrected chi connectivity index (χ3v) is 2.81. The Morgan fingerprint density at radius 3 is 2.74 bits per heavy atom. The minimum absolute atomic E-state index is 0.0819. The summed E-state index contributed by atoms with van der Waals surface area (Å²) in [5, 5.41) is 12.2. The molecule has 0 aromatic heterocycles. The van der Waals surface area contributed by atoms with Crippen molar-refractivity contribution in [3.05, 3.63) is 65.0 Å². The van der Waals surface area contributed by atoms with Crippen LogP contribution in [-0.2, 0) is 6.54 Å². The van der Waals surface area contributed by atoms with Gasteiger partial charge in [0.1, 0.15) is 11.6 Å². The molecule has 0 saturated heterocycles. The highest BCUT2D eigenvalue weighted by atomic mass is 19.1. The number of aryl methyl sites for hydroxylation is 1.